The number of aliphatic hydroxyl groups excluding tert-OH is 1. The van der Waals surface area contributed by atoms with Crippen LogP contribution in [-0.2, 0) is 30.9 Å². The van der Waals surface area contributed by atoms with E-state index in [-0.39, 0.29) is 30.0 Å². The van der Waals surface area contributed by atoms with E-state index < -0.39 is 0 Å². The van der Waals surface area contributed by atoms with Crippen LogP contribution in [0.4, 0.5) is 0 Å². The van der Waals surface area contributed by atoms with Gasteiger partial charge in [0, 0.05) is 37.5 Å². The van der Waals surface area contributed by atoms with Crippen LogP contribution in [0.15, 0.2) is 9.59 Å². The zero-order valence-corrected chi connectivity index (χ0v) is 18.2. The van der Waals surface area contributed by atoms with Crippen LogP contribution >= 0.6 is 11.3 Å². The second-order valence-corrected chi connectivity index (χ2v) is 9.86. The lowest BCUT2D eigenvalue weighted by Crippen LogP contribution is -2.42. The first kappa shape index (κ1) is 20.8. The molecule has 0 atom stereocenters. The smallest absolute Gasteiger partial charge is 0.332 e. The summed E-state index contributed by atoms with van der Waals surface area (Å²) in [6, 6.07) is 0. The van der Waals surface area contributed by atoms with Gasteiger partial charge in [-0.05, 0) is 51.8 Å². The summed E-state index contributed by atoms with van der Waals surface area (Å²) >= 11 is 1.53. The van der Waals surface area contributed by atoms with Crippen LogP contribution in [0, 0.1) is 0 Å². The molecule has 29 heavy (non-hydrogen) atoms. The number of fused-ring (bicyclic) bond motifs is 3. The van der Waals surface area contributed by atoms with E-state index in [1.807, 2.05) is 13.8 Å². The third kappa shape index (κ3) is 4.08. The highest BCUT2D eigenvalue weighted by Gasteiger charge is 2.32. The van der Waals surface area contributed by atoms with E-state index in [1.54, 1.807) is 4.57 Å². The Balaban J connectivity index is 1.81. The lowest BCUT2D eigenvalue weighted by Gasteiger charge is -2.30. The van der Waals surface area contributed by atoms with Gasteiger partial charge >= 0.3 is 5.69 Å². The lowest BCUT2D eigenvalue weighted by atomic mass is 9.94. The van der Waals surface area contributed by atoms with Crippen molar-refractivity contribution < 1.29 is 9.84 Å². The molecule has 0 saturated carbocycles. The number of piperidine rings is 1. The Morgan fingerprint density at radius 2 is 1.83 bits per heavy atom. The molecule has 4 heterocycles. The zero-order chi connectivity index (χ0) is 20.6. The lowest BCUT2D eigenvalue weighted by molar-refractivity contribution is -0.0379. The van der Waals surface area contributed by atoms with Gasteiger partial charge < -0.3 is 14.7 Å². The summed E-state index contributed by atoms with van der Waals surface area (Å²) < 4.78 is 9.07. The fourth-order valence-corrected chi connectivity index (χ4v) is 5.69. The molecule has 1 fully saturated rings. The number of nitrogens with zero attached hydrogens (tertiary/aromatic N) is 3. The Bertz CT molecular complexity index is 998. The summed E-state index contributed by atoms with van der Waals surface area (Å²) in [5.41, 5.74) is 0.239. The van der Waals surface area contributed by atoms with Gasteiger partial charge in [-0.1, -0.05) is 6.42 Å². The SMILES string of the molecule is CC1(C)Cc2c(sc3c2c(=O)n(CCCO)c(=O)n3CCN2CCCCC2)CO1. The van der Waals surface area contributed by atoms with Crippen LogP contribution in [0.5, 0.6) is 0 Å². The fraction of sp³-hybridized carbons (Fsp3) is 0.714. The maximum Gasteiger partial charge on any atom is 0.332 e. The predicted octanol–water partition coefficient (Wildman–Crippen LogP) is 1.94. The first-order valence-corrected chi connectivity index (χ1v) is 11.5. The standard InChI is InChI=1S/C21H31N3O4S/c1-21(2)13-15-16(14-28-21)29-19-17(15)18(26)23(9-6-12-25)20(27)24(19)11-10-22-7-4-3-5-8-22/h25H,3-14H2,1-2H3. The molecule has 2 aromatic heterocycles. The van der Waals surface area contributed by atoms with Gasteiger partial charge in [-0.2, -0.15) is 0 Å². The van der Waals surface area contributed by atoms with Crippen molar-refractivity contribution in [1.29, 1.82) is 0 Å². The molecule has 0 spiro atoms. The van der Waals surface area contributed by atoms with E-state index in [1.165, 1.54) is 35.2 Å². The minimum atomic E-state index is -0.321. The molecule has 2 aliphatic rings. The Kier molecular flexibility index (Phi) is 5.97. The number of ether oxygens (including phenoxy) is 1. The molecule has 0 radical (unpaired) electrons. The topological polar surface area (TPSA) is 76.7 Å². The first-order chi connectivity index (χ1) is 13.9. The highest BCUT2D eigenvalue weighted by molar-refractivity contribution is 7.18. The molecule has 8 heteroatoms. The molecule has 0 aromatic carbocycles. The molecular formula is C21H31N3O4S. The number of likely N-dealkylation sites (tertiary alicyclic amines) is 1. The Morgan fingerprint density at radius 3 is 2.55 bits per heavy atom. The van der Waals surface area contributed by atoms with Crippen LogP contribution in [0.2, 0.25) is 0 Å². The summed E-state index contributed by atoms with van der Waals surface area (Å²) in [6.45, 7) is 8.31. The number of thiophene rings is 1. The molecule has 0 amide bonds. The largest absolute Gasteiger partial charge is 0.396 e. The van der Waals surface area contributed by atoms with Gasteiger partial charge in [-0.3, -0.25) is 13.9 Å². The number of hydrogen-bond acceptors (Lipinski definition) is 6. The van der Waals surface area contributed by atoms with E-state index in [0.717, 1.165) is 34.9 Å². The predicted molar refractivity (Wildman–Crippen MR) is 115 cm³/mol. The van der Waals surface area contributed by atoms with Crippen molar-refractivity contribution in [1.82, 2.24) is 14.0 Å². The fourth-order valence-electron chi connectivity index (χ4n) is 4.45. The van der Waals surface area contributed by atoms with Gasteiger partial charge in [0.2, 0.25) is 0 Å². The summed E-state index contributed by atoms with van der Waals surface area (Å²) in [5.74, 6) is 0. The van der Waals surface area contributed by atoms with Gasteiger partial charge in [-0.25, -0.2) is 4.79 Å². The van der Waals surface area contributed by atoms with E-state index in [9.17, 15) is 14.7 Å². The van der Waals surface area contributed by atoms with E-state index >= 15 is 0 Å². The summed E-state index contributed by atoms with van der Waals surface area (Å²) in [5, 5.41) is 9.92. The van der Waals surface area contributed by atoms with Crippen molar-refractivity contribution in [3.8, 4) is 0 Å². The average molecular weight is 422 g/mol. The molecule has 1 saturated heterocycles. The van der Waals surface area contributed by atoms with Crippen molar-refractivity contribution in [3.05, 3.63) is 31.3 Å². The minimum Gasteiger partial charge on any atom is -0.396 e. The molecular weight excluding hydrogens is 390 g/mol. The third-order valence-corrected chi connectivity index (χ3v) is 7.29. The second kappa shape index (κ2) is 8.34. The van der Waals surface area contributed by atoms with E-state index in [0.29, 0.717) is 31.4 Å². The normalized spacial score (nSPS) is 19.6. The Hall–Kier alpha value is -1.48. The molecule has 0 aliphatic carbocycles. The molecule has 1 N–H and O–H groups in total. The number of aromatic nitrogens is 2. The van der Waals surface area contributed by atoms with Crippen molar-refractivity contribution >= 4 is 21.6 Å². The number of aliphatic hydroxyl groups is 1. The minimum absolute atomic E-state index is 0.0414. The summed E-state index contributed by atoms with van der Waals surface area (Å²) in [4.78, 5) is 30.8. The summed E-state index contributed by atoms with van der Waals surface area (Å²) in [6.07, 6.45) is 4.76. The monoisotopic (exact) mass is 421 g/mol. The van der Waals surface area contributed by atoms with Crippen molar-refractivity contribution in [3.63, 3.8) is 0 Å². The Morgan fingerprint density at radius 1 is 1.07 bits per heavy atom. The number of hydrogen-bond donors (Lipinski definition) is 1. The molecule has 2 aliphatic heterocycles. The Labute approximate surface area is 174 Å². The first-order valence-electron chi connectivity index (χ1n) is 10.7. The number of rotatable bonds is 6. The molecule has 0 bridgehead atoms. The second-order valence-electron chi connectivity index (χ2n) is 8.78. The van der Waals surface area contributed by atoms with Crippen molar-refractivity contribution in [2.45, 2.75) is 71.2 Å². The van der Waals surface area contributed by atoms with Crippen LogP contribution < -0.4 is 11.2 Å². The molecule has 2 aromatic rings. The van der Waals surface area contributed by atoms with Gasteiger partial charge in [0.15, 0.2) is 0 Å². The van der Waals surface area contributed by atoms with Gasteiger partial charge in [-0.15, -0.1) is 11.3 Å². The summed E-state index contributed by atoms with van der Waals surface area (Å²) in [7, 11) is 0. The maximum atomic E-state index is 13.3. The molecule has 7 nitrogen and oxygen atoms in total. The molecule has 0 unspecified atom stereocenters. The van der Waals surface area contributed by atoms with Crippen molar-refractivity contribution in [2.75, 3.05) is 26.2 Å². The third-order valence-electron chi connectivity index (χ3n) is 6.06. The van der Waals surface area contributed by atoms with E-state index in [2.05, 4.69) is 4.90 Å². The molecule has 4 rings (SSSR count). The van der Waals surface area contributed by atoms with Crippen LogP contribution in [-0.4, -0.2) is 51.0 Å². The quantitative estimate of drug-likeness (QED) is 0.771. The van der Waals surface area contributed by atoms with E-state index in [4.69, 9.17) is 4.74 Å². The highest BCUT2D eigenvalue weighted by Crippen LogP contribution is 2.37. The highest BCUT2D eigenvalue weighted by atomic mass is 32.1. The average Bonchev–Trinajstić information content (AvgIpc) is 3.06. The van der Waals surface area contributed by atoms with Crippen molar-refractivity contribution in [2.24, 2.45) is 0 Å². The maximum absolute atomic E-state index is 13.3. The van der Waals surface area contributed by atoms with Gasteiger partial charge in [0.25, 0.3) is 5.56 Å². The molecule has 160 valence electrons. The van der Waals surface area contributed by atoms with Crippen LogP contribution in [0.25, 0.3) is 10.2 Å². The van der Waals surface area contributed by atoms with Crippen LogP contribution in [0.3, 0.4) is 0 Å². The van der Waals surface area contributed by atoms with Gasteiger partial charge in [0.05, 0.1) is 17.6 Å². The van der Waals surface area contributed by atoms with Gasteiger partial charge in [0.1, 0.15) is 4.83 Å². The zero-order valence-electron chi connectivity index (χ0n) is 17.4. The van der Waals surface area contributed by atoms with Crippen LogP contribution in [0.1, 0.15) is 50.0 Å².